The van der Waals surface area contributed by atoms with Crippen LogP contribution in [0, 0.1) is 17.8 Å². The Bertz CT molecular complexity index is 246. The number of hydrogen-bond acceptors (Lipinski definition) is 2. The van der Waals surface area contributed by atoms with Crippen molar-refractivity contribution in [3.63, 3.8) is 0 Å². The van der Waals surface area contributed by atoms with Crippen molar-refractivity contribution < 1.29 is 0 Å². The van der Waals surface area contributed by atoms with Crippen molar-refractivity contribution in [1.82, 2.24) is 10.2 Å². The molecular weight excluding hydrogens is 232 g/mol. The molecule has 0 aromatic heterocycles. The zero-order valence-corrected chi connectivity index (χ0v) is 14.3. The molecule has 2 nitrogen and oxygen atoms in total. The zero-order chi connectivity index (χ0) is 15.0. The molecule has 0 fully saturated rings. The van der Waals surface area contributed by atoms with Crippen LogP contribution >= 0.6 is 0 Å². The maximum Gasteiger partial charge on any atom is 0.0199 e. The quantitative estimate of drug-likeness (QED) is 0.599. The van der Waals surface area contributed by atoms with E-state index in [0.717, 1.165) is 24.9 Å². The lowest BCUT2D eigenvalue weighted by atomic mass is 9.90. The van der Waals surface area contributed by atoms with Crippen molar-refractivity contribution in [1.29, 1.82) is 0 Å². The minimum absolute atomic E-state index is 0.544. The van der Waals surface area contributed by atoms with Crippen LogP contribution in [0.5, 0.6) is 0 Å². The van der Waals surface area contributed by atoms with Crippen LogP contribution in [0.1, 0.15) is 54.4 Å². The van der Waals surface area contributed by atoms with Crippen LogP contribution in [0.3, 0.4) is 0 Å². The third-order valence-corrected chi connectivity index (χ3v) is 4.08. The summed E-state index contributed by atoms with van der Waals surface area (Å²) in [6.07, 6.45) is 2.58. The molecule has 2 heteroatoms. The Morgan fingerprint density at radius 2 is 1.63 bits per heavy atom. The average Bonchev–Trinajstić information content (AvgIpc) is 2.32. The molecule has 2 unspecified atom stereocenters. The lowest BCUT2D eigenvalue weighted by molar-refractivity contribution is 0.255. The highest BCUT2D eigenvalue weighted by molar-refractivity contribution is 4.96. The maximum atomic E-state index is 4.18. The number of rotatable bonds is 10. The highest BCUT2D eigenvalue weighted by Gasteiger charge is 2.16. The summed E-state index contributed by atoms with van der Waals surface area (Å²) in [7, 11) is 2.17. The standard InChI is InChI=1S/C17H36N2/c1-13(2)17(7)19(8)12-16(6)15(5)10-9-11-18-14(3)4/h13-16,18H,7,9-12H2,1-6,8H3. The van der Waals surface area contributed by atoms with Crippen molar-refractivity contribution in [3.05, 3.63) is 12.3 Å². The molecule has 114 valence electrons. The normalized spacial score (nSPS) is 14.8. The Labute approximate surface area is 121 Å². The van der Waals surface area contributed by atoms with Crippen molar-refractivity contribution in [2.45, 2.75) is 60.4 Å². The second-order valence-corrected chi connectivity index (χ2v) is 6.73. The van der Waals surface area contributed by atoms with Crippen LogP contribution in [0.15, 0.2) is 12.3 Å². The van der Waals surface area contributed by atoms with Gasteiger partial charge in [-0.05, 0) is 37.1 Å². The third kappa shape index (κ3) is 8.30. The predicted octanol–water partition coefficient (Wildman–Crippen LogP) is 4.14. The Balaban J connectivity index is 3.92. The Morgan fingerprint density at radius 3 is 2.11 bits per heavy atom. The molecule has 0 amide bonds. The highest BCUT2D eigenvalue weighted by Crippen LogP contribution is 2.20. The summed E-state index contributed by atoms with van der Waals surface area (Å²) in [4.78, 5) is 2.33. The average molecular weight is 268 g/mol. The van der Waals surface area contributed by atoms with E-state index in [2.05, 4.69) is 65.4 Å². The Kier molecular flexibility index (Phi) is 9.16. The van der Waals surface area contributed by atoms with Gasteiger partial charge in [0.05, 0.1) is 0 Å². The van der Waals surface area contributed by atoms with Crippen molar-refractivity contribution >= 4 is 0 Å². The van der Waals surface area contributed by atoms with Crippen molar-refractivity contribution in [2.24, 2.45) is 17.8 Å². The van der Waals surface area contributed by atoms with E-state index in [1.807, 2.05) is 0 Å². The summed E-state index contributed by atoms with van der Waals surface area (Å²) < 4.78 is 0. The van der Waals surface area contributed by atoms with Crippen LogP contribution in [0.4, 0.5) is 0 Å². The first-order valence-corrected chi connectivity index (χ1v) is 7.89. The molecule has 19 heavy (non-hydrogen) atoms. The lowest BCUT2D eigenvalue weighted by Gasteiger charge is -2.30. The van der Waals surface area contributed by atoms with Gasteiger partial charge in [0.1, 0.15) is 0 Å². The predicted molar refractivity (Wildman–Crippen MR) is 87.3 cm³/mol. The van der Waals surface area contributed by atoms with Gasteiger partial charge in [0.2, 0.25) is 0 Å². The molecule has 0 aliphatic heterocycles. The molecule has 0 aliphatic carbocycles. The van der Waals surface area contributed by atoms with Gasteiger partial charge in [-0.3, -0.25) is 0 Å². The van der Waals surface area contributed by atoms with Gasteiger partial charge in [-0.25, -0.2) is 0 Å². The molecule has 0 radical (unpaired) electrons. The van der Waals surface area contributed by atoms with Crippen LogP contribution in [0.2, 0.25) is 0 Å². The maximum absolute atomic E-state index is 4.18. The molecule has 0 bridgehead atoms. The first kappa shape index (κ1) is 18.5. The van der Waals surface area contributed by atoms with Gasteiger partial charge >= 0.3 is 0 Å². The summed E-state index contributed by atoms with van der Waals surface area (Å²) in [5, 5.41) is 3.49. The fraction of sp³-hybridized carbons (Fsp3) is 0.882. The lowest BCUT2D eigenvalue weighted by Crippen LogP contribution is -2.29. The Morgan fingerprint density at radius 1 is 1.05 bits per heavy atom. The summed E-state index contributed by atoms with van der Waals surface area (Å²) in [6, 6.07) is 0.605. The van der Waals surface area contributed by atoms with Gasteiger partial charge in [0.15, 0.2) is 0 Å². The van der Waals surface area contributed by atoms with E-state index in [9.17, 15) is 0 Å². The smallest absolute Gasteiger partial charge is 0.0199 e. The summed E-state index contributed by atoms with van der Waals surface area (Å²) in [5.74, 6) is 2.04. The fourth-order valence-corrected chi connectivity index (χ4v) is 2.27. The first-order chi connectivity index (χ1) is 8.75. The fourth-order valence-electron chi connectivity index (χ4n) is 2.27. The van der Waals surface area contributed by atoms with Crippen LogP contribution in [0.25, 0.3) is 0 Å². The molecular formula is C17H36N2. The minimum Gasteiger partial charge on any atom is -0.378 e. The van der Waals surface area contributed by atoms with E-state index < -0.39 is 0 Å². The molecule has 0 aromatic carbocycles. The van der Waals surface area contributed by atoms with E-state index >= 15 is 0 Å². The summed E-state index contributed by atoms with van der Waals surface area (Å²) >= 11 is 0. The molecule has 2 atom stereocenters. The number of hydrogen-bond donors (Lipinski definition) is 1. The highest BCUT2D eigenvalue weighted by atomic mass is 15.1. The number of nitrogens with one attached hydrogen (secondary N) is 1. The molecule has 0 saturated carbocycles. The minimum atomic E-state index is 0.544. The largest absolute Gasteiger partial charge is 0.378 e. The molecule has 0 heterocycles. The van der Waals surface area contributed by atoms with Crippen molar-refractivity contribution in [2.75, 3.05) is 20.1 Å². The first-order valence-electron chi connectivity index (χ1n) is 7.89. The van der Waals surface area contributed by atoms with Gasteiger partial charge in [-0.2, -0.15) is 0 Å². The van der Waals surface area contributed by atoms with Gasteiger partial charge < -0.3 is 10.2 Å². The van der Waals surface area contributed by atoms with Gasteiger partial charge in [0, 0.05) is 25.3 Å². The van der Waals surface area contributed by atoms with Crippen molar-refractivity contribution in [3.8, 4) is 0 Å². The molecule has 0 saturated heterocycles. The SMILES string of the molecule is C=C(C(C)C)N(C)CC(C)C(C)CCCNC(C)C. The summed E-state index contributed by atoms with van der Waals surface area (Å²) in [5.41, 5.74) is 1.25. The zero-order valence-electron chi connectivity index (χ0n) is 14.3. The molecule has 0 aromatic rings. The summed E-state index contributed by atoms with van der Waals surface area (Å²) in [6.45, 7) is 20.0. The van der Waals surface area contributed by atoms with Gasteiger partial charge in [0.25, 0.3) is 0 Å². The number of nitrogens with zero attached hydrogens (tertiary/aromatic N) is 1. The molecule has 0 rings (SSSR count). The molecule has 0 spiro atoms. The molecule has 1 N–H and O–H groups in total. The van der Waals surface area contributed by atoms with Crippen LogP contribution in [-0.2, 0) is 0 Å². The topological polar surface area (TPSA) is 15.3 Å². The van der Waals surface area contributed by atoms with E-state index in [0.29, 0.717) is 12.0 Å². The second-order valence-electron chi connectivity index (χ2n) is 6.73. The van der Waals surface area contributed by atoms with E-state index in [4.69, 9.17) is 0 Å². The Hall–Kier alpha value is -0.500. The van der Waals surface area contributed by atoms with Crippen LogP contribution in [-0.4, -0.2) is 31.1 Å². The molecule has 0 aliphatic rings. The number of allylic oxidation sites excluding steroid dienone is 1. The second kappa shape index (κ2) is 9.41. The monoisotopic (exact) mass is 268 g/mol. The van der Waals surface area contributed by atoms with Gasteiger partial charge in [-0.1, -0.05) is 48.1 Å². The van der Waals surface area contributed by atoms with E-state index in [1.54, 1.807) is 0 Å². The van der Waals surface area contributed by atoms with E-state index in [1.165, 1.54) is 18.5 Å². The van der Waals surface area contributed by atoms with Crippen LogP contribution < -0.4 is 5.32 Å². The van der Waals surface area contributed by atoms with Gasteiger partial charge in [-0.15, -0.1) is 0 Å². The van der Waals surface area contributed by atoms with E-state index in [-0.39, 0.29) is 0 Å². The third-order valence-electron chi connectivity index (χ3n) is 4.08.